The standard InChI is InChI=1S/C19H15ClN4/c20-16-8-4-3-7-14(16)17-13-6-2-1-5-12(13)15(9-21)18(24)19(17,10-22)11-23/h3-5,7-8,13,17H,1-2,6,24H2. The molecule has 0 radical (unpaired) electrons. The maximum absolute atomic E-state index is 9.88. The van der Waals surface area contributed by atoms with Crippen LogP contribution in [0.2, 0.25) is 5.02 Å². The van der Waals surface area contributed by atoms with E-state index in [0.29, 0.717) is 5.02 Å². The van der Waals surface area contributed by atoms with E-state index in [1.54, 1.807) is 6.07 Å². The molecule has 0 bridgehead atoms. The van der Waals surface area contributed by atoms with Crippen molar-refractivity contribution in [3.05, 3.63) is 57.8 Å². The van der Waals surface area contributed by atoms with Crippen LogP contribution in [0.5, 0.6) is 0 Å². The van der Waals surface area contributed by atoms with Gasteiger partial charge in [-0.1, -0.05) is 35.9 Å². The van der Waals surface area contributed by atoms with Gasteiger partial charge in [-0.15, -0.1) is 0 Å². The van der Waals surface area contributed by atoms with Crippen molar-refractivity contribution in [2.45, 2.75) is 25.2 Å². The van der Waals surface area contributed by atoms with Crippen molar-refractivity contribution >= 4 is 11.6 Å². The Morgan fingerprint density at radius 3 is 2.50 bits per heavy atom. The van der Waals surface area contributed by atoms with Gasteiger partial charge in [-0.05, 0) is 42.4 Å². The van der Waals surface area contributed by atoms with E-state index in [0.717, 1.165) is 30.4 Å². The zero-order chi connectivity index (χ0) is 17.3. The number of benzene rings is 1. The highest BCUT2D eigenvalue weighted by atomic mass is 35.5. The second-order valence-electron chi connectivity index (χ2n) is 6.13. The number of rotatable bonds is 1. The van der Waals surface area contributed by atoms with Crippen LogP contribution >= 0.6 is 11.6 Å². The third kappa shape index (κ3) is 2.10. The van der Waals surface area contributed by atoms with Gasteiger partial charge in [0.05, 0.1) is 23.4 Å². The first-order valence-electron chi connectivity index (χ1n) is 7.78. The number of nitriles is 3. The van der Waals surface area contributed by atoms with Crippen LogP contribution in [0.4, 0.5) is 0 Å². The van der Waals surface area contributed by atoms with E-state index >= 15 is 0 Å². The summed E-state index contributed by atoms with van der Waals surface area (Å²) in [5.74, 6) is -0.593. The summed E-state index contributed by atoms with van der Waals surface area (Å²) >= 11 is 6.39. The lowest BCUT2D eigenvalue weighted by atomic mass is 9.57. The SMILES string of the molecule is N#CC1=C(N)C(C#N)(C#N)C(c2ccccc2Cl)C2CCCC=C12. The lowest BCUT2D eigenvalue weighted by Gasteiger charge is -2.43. The Bertz CT molecular complexity index is 862. The summed E-state index contributed by atoms with van der Waals surface area (Å²) in [5.41, 5.74) is 6.53. The van der Waals surface area contributed by atoms with Gasteiger partial charge in [0.15, 0.2) is 5.41 Å². The predicted molar refractivity (Wildman–Crippen MR) is 90.1 cm³/mol. The van der Waals surface area contributed by atoms with Crippen LogP contribution < -0.4 is 5.73 Å². The fraction of sp³-hybridized carbons (Fsp3) is 0.316. The molecular formula is C19H15ClN4. The number of hydrogen-bond acceptors (Lipinski definition) is 4. The van der Waals surface area contributed by atoms with Gasteiger partial charge < -0.3 is 5.73 Å². The smallest absolute Gasteiger partial charge is 0.191 e. The van der Waals surface area contributed by atoms with Crippen LogP contribution in [0.25, 0.3) is 0 Å². The molecule has 2 N–H and O–H groups in total. The van der Waals surface area contributed by atoms with Crippen LogP contribution in [0.1, 0.15) is 30.7 Å². The molecule has 1 aromatic carbocycles. The molecule has 0 fully saturated rings. The summed E-state index contributed by atoms with van der Waals surface area (Å²) < 4.78 is 0. The third-order valence-corrected chi connectivity index (χ3v) is 5.38. The van der Waals surface area contributed by atoms with E-state index in [2.05, 4.69) is 18.2 Å². The molecule has 2 aliphatic rings. The Kier molecular flexibility index (Phi) is 4.06. The Balaban J connectivity index is 2.37. The number of nitrogens with two attached hydrogens (primary N) is 1. The summed E-state index contributed by atoms with van der Waals surface area (Å²) in [6.07, 6.45) is 4.62. The molecule has 0 heterocycles. The van der Waals surface area contributed by atoms with Crippen LogP contribution in [0.15, 0.2) is 47.2 Å². The first kappa shape index (κ1) is 16.1. The minimum Gasteiger partial charge on any atom is -0.399 e. The topological polar surface area (TPSA) is 97.4 Å². The highest BCUT2D eigenvalue weighted by molar-refractivity contribution is 6.31. The van der Waals surface area contributed by atoms with E-state index in [1.165, 1.54) is 0 Å². The van der Waals surface area contributed by atoms with E-state index in [-0.39, 0.29) is 17.2 Å². The lowest BCUT2D eigenvalue weighted by Crippen LogP contribution is -2.42. The minimum absolute atomic E-state index is 0.0457. The summed E-state index contributed by atoms with van der Waals surface area (Å²) in [6, 6.07) is 13.6. The molecule has 1 aromatic rings. The minimum atomic E-state index is -1.59. The van der Waals surface area contributed by atoms with Gasteiger partial charge in [0.2, 0.25) is 0 Å². The molecule has 2 atom stereocenters. The molecule has 0 amide bonds. The van der Waals surface area contributed by atoms with Crippen molar-refractivity contribution in [3.8, 4) is 18.2 Å². The van der Waals surface area contributed by atoms with Gasteiger partial charge in [0.25, 0.3) is 0 Å². The Morgan fingerprint density at radius 1 is 1.17 bits per heavy atom. The summed E-state index contributed by atoms with van der Waals surface area (Å²) in [5, 5.41) is 29.8. The molecule has 0 aliphatic heterocycles. The summed E-state index contributed by atoms with van der Waals surface area (Å²) in [6.45, 7) is 0. The Labute approximate surface area is 146 Å². The van der Waals surface area contributed by atoms with E-state index in [4.69, 9.17) is 17.3 Å². The fourth-order valence-electron chi connectivity index (χ4n) is 3.94. The maximum atomic E-state index is 9.88. The van der Waals surface area contributed by atoms with Crippen LogP contribution in [0.3, 0.4) is 0 Å². The van der Waals surface area contributed by atoms with Gasteiger partial charge in [0, 0.05) is 10.9 Å². The largest absolute Gasteiger partial charge is 0.399 e. The number of nitrogens with zero attached hydrogens (tertiary/aromatic N) is 3. The molecule has 2 unspecified atom stereocenters. The first-order chi connectivity index (χ1) is 11.6. The van der Waals surface area contributed by atoms with Crippen molar-refractivity contribution in [3.63, 3.8) is 0 Å². The highest BCUT2D eigenvalue weighted by Crippen LogP contribution is 2.56. The van der Waals surface area contributed by atoms with Crippen molar-refractivity contribution in [2.75, 3.05) is 0 Å². The molecule has 5 heteroatoms. The van der Waals surface area contributed by atoms with Crippen LogP contribution in [-0.2, 0) is 0 Å². The Hall–Kier alpha value is -2.74. The molecular weight excluding hydrogens is 320 g/mol. The molecule has 2 aliphatic carbocycles. The van der Waals surface area contributed by atoms with Crippen molar-refractivity contribution in [1.82, 2.24) is 0 Å². The van der Waals surface area contributed by atoms with Gasteiger partial charge in [-0.3, -0.25) is 0 Å². The molecule has 0 spiro atoms. The molecule has 24 heavy (non-hydrogen) atoms. The van der Waals surface area contributed by atoms with Gasteiger partial charge in [-0.2, -0.15) is 15.8 Å². The monoisotopic (exact) mass is 334 g/mol. The average molecular weight is 335 g/mol. The molecule has 0 saturated carbocycles. The fourth-order valence-corrected chi connectivity index (χ4v) is 4.20. The molecule has 118 valence electrons. The average Bonchev–Trinajstić information content (AvgIpc) is 2.62. The number of fused-ring (bicyclic) bond motifs is 1. The number of hydrogen-bond donors (Lipinski definition) is 1. The van der Waals surface area contributed by atoms with Crippen molar-refractivity contribution in [1.29, 1.82) is 15.8 Å². The Morgan fingerprint density at radius 2 is 1.88 bits per heavy atom. The maximum Gasteiger partial charge on any atom is 0.191 e. The summed E-state index contributed by atoms with van der Waals surface area (Å²) in [7, 11) is 0. The molecule has 0 saturated heterocycles. The quantitative estimate of drug-likeness (QED) is 0.841. The van der Waals surface area contributed by atoms with Crippen LogP contribution in [0, 0.1) is 45.3 Å². The van der Waals surface area contributed by atoms with Gasteiger partial charge in [0.1, 0.15) is 6.07 Å². The first-order valence-corrected chi connectivity index (χ1v) is 8.16. The zero-order valence-corrected chi connectivity index (χ0v) is 13.7. The van der Waals surface area contributed by atoms with E-state index in [1.807, 2.05) is 24.3 Å². The van der Waals surface area contributed by atoms with Crippen LogP contribution in [-0.4, -0.2) is 0 Å². The van der Waals surface area contributed by atoms with E-state index in [9.17, 15) is 15.8 Å². The second kappa shape index (κ2) is 6.04. The van der Waals surface area contributed by atoms with Gasteiger partial charge in [-0.25, -0.2) is 0 Å². The zero-order valence-electron chi connectivity index (χ0n) is 13.0. The predicted octanol–water partition coefficient (Wildman–Crippen LogP) is 3.93. The van der Waals surface area contributed by atoms with Crippen molar-refractivity contribution in [2.24, 2.45) is 17.1 Å². The second-order valence-corrected chi connectivity index (χ2v) is 6.54. The van der Waals surface area contributed by atoms with E-state index < -0.39 is 11.3 Å². The molecule has 3 rings (SSSR count). The number of allylic oxidation sites excluding steroid dienone is 4. The summed E-state index contributed by atoms with van der Waals surface area (Å²) in [4.78, 5) is 0. The van der Waals surface area contributed by atoms with Gasteiger partial charge >= 0.3 is 0 Å². The lowest BCUT2D eigenvalue weighted by molar-refractivity contribution is 0.317. The molecule has 4 nitrogen and oxygen atoms in total. The normalized spacial score (nSPS) is 24.8. The third-order valence-electron chi connectivity index (χ3n) is 5.04. The van der Waals surface area contributed by atoms with Crippen molar-refractivity contribution < 1.29 is 0 Å². The molecule has 0 aromatic heterocycles. The highest BCUT2D eigenvalue weighted by Gasteiger charge is 2.54. The number of halogens is 1.